The highest BCUT2D eigenvalue weighted by molar-refractivity contribution is 14.0. The van der Waals surface area contributed by atoms with Gasteiger partial charge in [0, 0.05) is 44.5 Å². The van der Waals surface area contributed by atoms with Crippen molar-refractivity contribution < 1.29 is 18.3 Å². The minimum absolute atomic E-state index is 0. The molecular weight excluding hydrogens is 517 g/mol. The zero-order valence-corrected chi connectivity index (χ0v) is 19.8. The minimum Gasteiger partial charge on any atom is -0.497 e. The number of hydrogen-bond donors (Lipinski definition) is 2. The Morgan fingerprint density at radius 3 is 2.52 bits per heavy atom. The maximum atomic E-state index is 12.7. The number of rotatable bonds is 8. The average Bonchev–Trinajstić information content (AvgIpc) is 3.29. The van der Waals surface area contributed by atoms with Crippen LogP contribution in [0.3, 0.4) is 0 Å². The summed E-state index contributed by atoms with van der Waals surface area (Å²) in [7, 11) is 3.18. The lowest BCUT2D eigenvalue weighted by Crippen LogP contribution is -2.36. The van der Waals surface area contributed by atoms with Crippen molar-refractivity contribution in [1.82, 2.24) is 10.6 Å². The fourth-order valence-corrected chi connectivity index (χ4v) is 3.17. The maximum absolute atomic E-state index is 12.7. The normalized spacial score (nSPS) is 13.2. The monoisotopic (exact) mass is 544 g/mol. The summed E-state index contributed by atoms with van der Waals surface area (Å²) in [6.45, 7) is -0.230. The van der Waals surface area contributed by atoms with Crippen LogP contribution in [0, 0.1) is 0 Å². The molecule has 0 radical (unpaired) electrons. The molecular formula is C22H27F2IN4O2. The first-order valence-electron chi connectivity index (χ1n) is 9.64. The van der Waals surface area contributed by atoms with Crippen LogP contribution in [0.2, 0.25) is 0 Å². The van der Waals surface area contributed by atoms with Gasteiger partial charge in [-0.15, -0.1) is 24.0 Å². The van der Waals surface area contributed by atoms with E-state index in [9.17, 15) is 8.78 Å². The topological polar surface area (TPSA) is 58.1 Å². The summed E-state index contributed by atoms with van der Waals surface area (Å²) in [6.07, 6.45) is 4.31. The third-order valence-electron chi connectivity index (χ3n) is 4.71. The molecule has 6 nitrogen and oxygen atoms in total. The number of alkyl halides is 2. The molecule has 1 aliphatic rings. The second-order valence-corrected chi connectivity index (χ2v) is 6.68. The van der Waals surface area contributed by atoms with Crippen molar-refractivity contribution in [1.29, 1.82) is 0 Å². The number of halogens is 3. The molecule has 0 saturated carbocycles. The highest BCUT2D eigenvalue weighted by atomic mass is 127. The molecule has 31 heavy (non-hydrogen) atoms. The van der Waals surface area contributed by atoms with Crippen molar-refractivity contribution in [3.8, 4) is 11.5 Å². The van der Waals surface area contributed by atoms with Crippen molar-refractivity contribution in [2.45, 2.75) is 19.7 Å². The van der Waals surface area contributed by atoms with Gasteiger partial charge >= 0.3 is 6.61 Å². The molecule has 2 aromatic carbocycles. The third-order valence-corrected chi connectivity index (χ3v) is 4.71. The van der Waals surface area contributed by atoms with E-state index in [1.54, 1.807) is 19.2 Å². The molecule has 168 valence electrons. The molecule has 0 aliphatic carbocycles. The number of hydrogen-bond acceptors (Lipinski definition) is 4. The van der Waals surface area contributed by atoms with Gasteiger partial charge in [-0.1, -0.05) is 24.3 Å². The van der Waals surface area contributed by atoms with Crippen LogP contribution in [0.25, 0.3) is 0 Å². The second kappa shape index (κ2) is 12.3. The Kier molecular flexibility index (Phi) is 9.83. The third kappa shape index (κ3) is 7.27. The highest BCUT2D eigenvalue weighted by Gasteiger charge is 2.12. The molecule has 0 fully saturated rings. The molecule has 1 aliphatic heterocycles. The Balaban J connectivity index is 0.00000341. The Hall–Kier alpha value is -2.56. The van der Waals surface area contributed by atoms with E-state index in [1.165, 1.54) is 18.9 Å². The number of nitrogens with one attached hydrogen (secondary N) is 2. The molecule has 2 aromatic rings. The first kappa shape index (κ1) is 24.7. The summed E-state index contributed by atoms with van der Waals surface area (Å²) in [5.74, 6) is 1.21. The maximum Gasteiger partial charge on any atom is 0.387 e. The van der Waals surface area contributed by atoms with Crippen molar-refractivity contribution in [3.63, 3.8) is 0 Å². The van der Waals surface area contributed by atoms with Gasteiger partial charge in [-0.25, -0.2) is 0 Å². The van der Waals surface area contributed by atoms with Crippen LogP contribution in [0.1, 0.15) is 11.1 Å². The lowest BCUT2D eigenvalue weighted by atomic mass is 10.2. The zero-order chi connectivity index (χ0) is 21.3. The lowest BCUT2D eigenvalue weighted by Gasteiger charge is -2.19. The van der Waals surface area contributed by atoms with Crippen LogP contribution in [-0.4, -0.2) is 39.8 Å². The number of aliphatic imine (C=N–C) groups is 1. The van der Waals surface area contributed by atoms with E-state index in [1.807, 2.05) is 12.1 Å². The van der Waals surface area contributed by atoms with Crippen LogP contribution >= 0.6 is 24.0 Å². The van der Waals surface area contributed by atoms with Crippen molar-refractivity contribution >= 4 is 35.6 Å². The number of methoxy groups -OCH3 is 1. The first-order valence-corrected chi connectivity index (χ1v) is 9.64. The molecule has 0 saturated heterocycles. The van der Waals surface area contributed by atoms with E-state index in [0.717, 1.165) is 18.7 Å². The lowest BCUT2D eigenvalue weighted by molar-refractivity contribution is -0.0504. The van der Waals surface area contributed by atoms with E-state index < -0.39 is 6.61 Å². The number of nitrogens with zero attached hydrogens (tertiary/aromatic N) is 2. The predicted octanol–water partition coefficient (Wildman–Crippen LogP) is 4.16. The average molecular weight is 544 g/mol. The molecule has 1 heterocycles. The molecule has 0 amide bonds. The fourth-order valence-electron chi connectivity index (χ4n) is 3.17. The molecule has 2 N–H and O–H groups in total. The van der Waals surface area contributed by atoms with Crippen LogP contribution in [0.15, 0.2) is 59.6 Å². The van der Waals surface area contributed by atoms with Crippen LogP contribution in [0.4, 0.5) is 14.5 Å². The Morgan fingerprint density at radius 1 is 1.10 bits per heavy atom. The molecule has 0 atom stereocenters. The summed E-state index contributed by atoms with van der Waals surface area (Å²) < 4.78 is 35.2. The van der Waals surface area contributed by atoms with Gasteiger partial charge in [0.1, 0.15) is 11.5 Å². The number of anilines is 1. The van der Waals surface area contributed by atoms with E-state index in [4.69, 9.17) is 4.74 Å². The highest BCUT2D eigenvalue weighted by Crippen LogP contribution is 2.25. The zero-order valence-electron chi connectivity index (χ0n) is 17.5. The molecule has 3 rings (SSSR count). The molecule has 0 bridgehead atoms. The van der Waals surface area contributed by atoms with Gasteiger partial charge in [-0.2, -0.15) is 8.78 Å². The molecule has 0 aromatic heterocycles. The fraction of sp³-hybridized carbons (Fsp3) is 0.318. The molecule has 0 unspecified atom stereocenters. The van der Waals surface area contributed by atoms with E-state index in [2.05, 4.69) is 49.5 Å². The van der Waals surface area contributed by atoms with Crippen LogP contribution in [0.5, 0.6) is 11.5 Å². The van der Waals surface area contributed by atoms with Crippen molar-refractivity contribution in [2.75, 3.05) is 32.1 Å². The smallest absolute Gasteiger partial charge is 0.387 e. The SMILES string of the molecule is CN=C(NCc1cccc(N2CC=CC2)c1)NCc1cc(OC)ccc1OC(F)F.I. The van der Waals surface area contributed by atoms with Gasteiger partial charge in [0.2, 0.25) is 0 Å². The summed E-state index contributed by atoms with van der Waals surface area (Å²) >= 11 is 0. The minimum atomic E-state index is -2.90. The summed E-state index contributed by atoms with van der Waals surface area (Å²) in [4.78, 5) is 6.49. The Bertz CT molecular complexity index is 901. The Morgan fingerprint density at radius 2 is 1.84 bits per heavy atom. The van der Waals surface area contributed by atoms with Crippen molar-refractivity contribution in [3.05, 3.63) is 65.7 Å². The number of benzene rings is 2. The quantitative estimate of drug-likeness (QED) is 0.226. The van der Waals surface area contributed by atoms with Gasteiger partial charge in [0.05, 0.1) is 7.11 Å². The van der Waals surface area contributed by atoms with Crippen LogP contribution < -0.4 is 25.0 Å². The van der Waals surface area contributed by atoms with Gasteiger partial charge in [0.15, 0.2) is 5.96 Å². The summed E-state index contributed by atoms with van der Waals surface area (Å²) in [5, 5.41) is 6.38. The number of guanidine groups is 1. The van der Waals surface area contributed by atoms with E-state index in [0.29, 0.717) is 23.8 Å². The Labute approximate surface area is 198 Å². The standard InChI is InChI=1S/C22H26F2N4O2.HI/c1-25-22(26-14-16-6-5-7-18(12-16)28-10-3-4-11-28)27-15-17-13-19(29-2)8-9-20(17)30-21(23)24;/h3-9,12-13,21H,10-11,14-15H2,1-2H3,(H2,25,26,27);1H. The number of ether oxygens (including phenoxy) is 2. The second-order valence-electron chi connectivity index (χ2n) is 6.68. The summed E-state index contributed by atoms with van der Waals surface area (Å²) in [5.41, 5.74) is 2.83. The van der Waals surface area contributed by atoms with Crippen LogP contribution in [-0.2, 0) is 13.1 Å². The largest absolute Gasteiger partial charge is 0.497 e. The van der Waals surface area contributed by atoms with E-state index >= 15 is 0 Å². The molecule has 0 spiro atoms. The van der Waals surface area contributed by atoms with Gasteiger partial charge < -0.3 is 25.0 Å². The predicted molar refractivity (Wildman–Crippen MR) is 130 cm³/mol. The van der Waals surface area contributed by atoms with E-state index in [-0.39, 0.29) is 36.3 Å². The molecule has 9 heteroatoms. The van der Waals surface area contributed by atoms with Gasteiger partial charge in [0.25, 0.3) is 0 Å². The van der Waals surface area contributed by atoms with Gasteiger partial charge in [-0.3, -0.25) is 4.99 Å². The van der Waals surface area contributed by atoms with Gasteiger partial charge in [-0.05, 0) is 35.9 Å². The summed E-state index contributed by atoms with van der Waals surface area (Å²) in [6, 6.07) is 13.0. The van der Waals surface area contributed by atoms with Crippen molar-refractivity contribution in [2.24, 2.45) is 4.99 Å². The first-order chi connectivity index (χ1) is 14.6.